The Morgan fingerprint density at radius 2 is 1.55 bits per heavy atom. The SMILES string of the molecule is NC(=O)[C@H]1[C@H]2C(=O)N(c3cccc4ccccc34)C(=O)[C@H]2[C@H]2c3ccccc3C=CN21. The first-order valence-corrected chi connectivity index (χ1v) is 10.3. The van der Waals surface area contributed by atoms with Gasteiger partial charge in [-0.25, -0.2) is 4.90 Å². The molecule has 31 heavy (non-hydrogen) atoms. The van der Waals surface area contributed by atoms with E-state index in [2.05, 4.69) is 0 Å². The number of nitrogens with two attached hydrogens (primary N) is 1. The van der Waals surface area contributed by atoms with Crippen molar-refractivity contribution in [2.75, 3.05) is 4.90 Å². The topological polar surface area (TPSA) is 83.7 Å². The van der Waals surface area contributed by atoms with E-state index in [0.717, 1.165) is 21.9 Å². The number of benzene rings is 3. The standard InChI is InChI=1S/C25H19N3O3/c26-23(29)22-20-19(21-17-10-4-2-7-15(17)12-13-27(21)22)24(30)28(25(20)31)18-11-5-8-14-6-1-3-9-16(14)18/h1-13,19-22H,(H2,26,29)/t19-,20+,21-,22-/m1/s1. The smallest absolute Gasteiger partial charge is 0.240 e. The Kier molecular flexibility index (Phi) is 3.63. The molecule has 3 aromatic carbocycles. The van der Waals surface area contributed by atoms with Crippen molar-refractivity contribution in [3.8, 4) is 0 Å². The summed E-state index contributed by atoms with van der Waals surface area (Å²) in [5.41, 5.74) is 8.24. The van der Waals surface area contributed by atoms with Crippen molar-refractivity contribution >= 4 is 40.3 Å². The molecule has 0 aromatic heterocycles. The van der Waals surface area contributed by atoms with Gasteiger partial charge in [0, 0.05) is 11.6 Å². The number of imide groups is 1. The second-order valence-corrected chi connectivity index (χ2v) is 8.25. The van der Waals surface area contributed by atoms with Crippen LogP contribution in [-0.4, -0.2) is 28.7 Å². The van der Waals surface area contributed by atoms with Crippen molar-refractivity contribution in [2.45, 2.75) is 12.1 Å². The van der Waals surface area contributed by atoms with Gasteiger partial charge in [0.2, 0.25) is 17.7 Å². The number of primary amides is 1. The summed E-state index contributed by atoms with van der Waals surface area (Å²) < 4.78 is 0. The van der Waals surface area contributed by atoms with E-state index in [1.54, 1.807) is 17.2 Å². The first-order chi connectivity index (χ1) is 15.1. The molecule has 0 radical (unpaired) electrons. The lowest BCUT2D eigenvalue weighted by molar-refractivity contribution is -0.129. The molecule has 3 heterocycles. The van der Waals surface area contributed by atoms with Gasteiger partial charge < -0.3 is 10.6 Å². The number of anilines is 1. The van der Waals surface area contributed by atoms with Crippen LogP contribution in [0, 0.1) is 11.8 Å². The van der Waals surface area contributed by atoms with Crippen LogP contribution in [0.5, 0.6) is 0 Å². The van der Waals surface area contributed by atoms with Crippen molar-refractivity contribution < 1.29 is 14.4 Å². The number of carbonyl (C=O) groups excluding carboxylic acids is 3. The highest BCUT2D eigenvalue weighted by Gasteiger charge is 2.64. The fraction of sp³-hybridized carbons (Fsp3) is 0.160. The van der Waals surface area contributed by atoms with E-state index in [9.17, 15) is 14.4 Å². The zero-order valence-electron chi connectivity index (χ0n) is 16.5. The summed E-state index contributed by atoms with van der Waals surface area (Å²) in [7, 11) is 0. The Labute approximate surface area is 178 Å². The van der Waals surface area contributed by atoms with E-state index in [1.165, 1.54) is 4.90 Å². The number of rotatable bonds is 2. The van der Waals surface area contributed by atoms with Crippen molar-refractivity contribution in [3.63, 3.8) is 0 Å². The number of carbonyl (C=O) groups is 3. The lowest BCUT2D eigenvalue weighted by Gasteiger charge is -2.34. The van der Waals surface area contributed by atoms with E-state index in [1.807, 2.05) is 66.7 Å². The van der Waals surface area contributed by atoms with Crippen molar-refractivity contribution in [1.82, 2.24) is 4.90 Å². The average molecular weight is 409 g/mol. The maximum atomic E-state index is 13.8. The molecule has 6 rings (SSSR count). The monoisotopic (exact) mass is 409 g/mol. The molecule has 2 saturated heterocycles. The highest BCUT2D eigenvalue weighted by atomic mass is 16.2. The van der Waals surface area contributed by atoms with Gasteiger partial charge in [-0.1, -0.05) is 60.7 Å². The van der Waals surface area contributed by atoms with Gasteiger partial charge in [0.25, 0.3) is 0 Å². The molecule has 3 aromatic rings. The lowest BCUT2D eigenvalue weighted by atomic mass is 9.84. The molecule has 6 heteroatoms. The zero-order valence-corrected chi connectivity index (χ0v) is 16.5. The molecule has 152 valence electrons. The minimum atomic E-state index is -0.865. The molecule has 0 bridgehead atoms. The molecule has 2 N–H and O–H groups in total. The van der Waals surface area contributed by atoms with E-state index < -0.39 is 29.8 Å². The van der Waals surface area contributed by atoms with E-state index in [-0.39, 0.29) is 11.8 Å². The molecule has 3 amide bonds. The molecular formula is C25H19N3O3. The predicted molar refractivity (Wildman–Crippen MR) is 116 cm³/mol. The predicted octanol–water partition coefficient (Wildman–Crippen LogP) is 2.84. The number of nitrogens with zero attached hydrogens (tertiary/aromatic N) is 2. The Hall–Kier alpha value is -3.93. The molecule has 0 saturated carbocycles. The summed E-state index contributed by atoms with van der Waals surface area (Å²) in [4.78, 5) is 43.0. The summed E-state index contributed by atoms with van der Waals surface area (Å²) in [6, 6.07) is 19.7. The van der Waals surface area contributed by atoms with Crippen LogP contribution in [0.4, 0.5) is 5.69 Å². The zero-order chi connectivity index (χ0) is 21.3. The third-order valence-corrected chi connectivity index (χ3v) is 6.76. The molecule has 0 aliphatic carbocycles. The van der Waals surface area contributed by atoms with Gasteiger partial charge in [0.15, 0.2) is 0 Å². The maximum absolute atomic E-state index is 13.8. The van der Waals surface area contributed by atoms with Crippen LogP contribution in [0.2, 0.25) is 0 Å². The minimum absolute atomic E-state index is 0.282. The van der Waals surface area contributed by atoms with Gasteiger partial charge in [-0.15, -0.1) is 0 Å². The molecule has 2 fully saturated rings. The molecule has 0 unspecified atom stereocenters. The summed E-state index contributed by atoms with van der Waals surface area (Å²) in [5, 5.41) is 1.76. The number of hydrogen-bond acceptors (Lipinski definition) is 4. The van der Waals surface area contributed by atoms with Crippen LogP contribution in [0.25, 0.3) is 16.8 Å². The van der Waals surface area contributed by atoms with Gasteiger partial charge in [-0.2, -0.15) is 0 Å². The quantitative estimate of drug-likeness (QED) is 0.660. The Bertz CT molecular complexity index is 1310. The van der Waals surface area contributed by atoms with Gasteiger partial charge in [-0.05, 0) is 28.7 Å². The third-order valence-electron chi connectivity index (χ3n) is 6.76. The van der Waals surface area contributed by atoms with Gasteiger partial charge in [-0.3, -0.25) is 14.4 Å². The summed E-state index contributed by atoms with van der Waals surface area (Å²) in [5.74, 6) is -2.73. The lowest BCUT2D eigenvalue weighted by Crippen LogP contribution is -2.46. The van der Waals surface area contributed by atoms with Gasteiger partial charge in [0.1, 0.15) is 6.04 Å². The fourth-order valence-electron chi connectivity index (χ4n) is 5.52. The maximum Gasteiger partial charge on any atom is 0.240 e. The Morgan fingerprint density at radius 1 is 0.839 bits per heavy atom. The van der Waals surface area contributed by atoms with Crippen LogP contribution in [0.15, 0.2) is 72.9 Å². The van der Waals surface area contributed by atoms with Gasteiger partial charge >= 0.3 is 0 Å². The number of amides is 3. The average Bonchev–Trinajstić information content (AvgIpc) is 3.26. The van der Waals surface area contributed by atoms with Crippen molar-refractivity contribution in [2.24, 2.45) is 17.6 Å². The van der Waals surface area contributed by atoms with E-state index in [0.29, 0.717) is 5.69 Å². The second kappa shape index (κ2) is 6.28. The van der Waals surface area contributed by atoms with Gasteiger partial charge in [0.05, 0.1) is 23.6 Å². The van der Waals surface area contributed by atoms with Crippen LogP contribution >= 0.6 is 0 Å². The molecule has 3 aliphatic rings. The first-order valence-electron chi connectivity index (χ1n) is 10.3. The summed E-state index contributed by atoms with van der Waals surface area (Å²) in [6.45, 7) is 0. The highest BCUT2D eigenvalue weighted by molar-refractivity contribution is 6.26. The summed E-state index contributed by atoms with van der Waals surface area (Å²) in [6.07, 6.45) is 3.70. The van der Waals surface area contributed by atoms with Crippen LogP contribution in [0.1, 0.15) is 17.2 Å². The Morgan fingerprint density at radius 3 is 2.39 bits per heavy atom. The molecule has 3 aliphatic heterocycles. The van der Waals surface area contributed by atoms with Crippen LogP contribution < -0.4 is 10.6 Å². The molecule has 0 spiro atoms. The van der Waals surface area contributed by atoms with E-state index >= 15 is 0 Å². The van der Waals surface area contributed by atoms with Crippen molar-refractivity contribution in [3.05, 3.63) is 84.1 Å². The van der Waals surface area contributed by atoms with Crippen molar-refractivity contribution in [1.29, 1.82) is 0 Å². The van der Waals surface area contributed by atoms with E-state index in [4.69, 9.17) is 5.73 Å². The minimum Gasteiger partial charge on any atom is -0.368 e. The second-order valence-electron chi connectivity index (χ2n) is 8.25. The van der Waals surface area contributed by atoms with Crippen LogP contribution in [0.3, 0.4) is 0 Å². The fourth-order valence-corrected chi connectivity index (χ4v) is 5.52. The normalized spacial score (nSPS) is 26.2. The number of hydrogen-bond donors (Lipinski definition) is 1. The molecule has 4 atom stereocenters. The Balaban J connectivity index is 1.53. The number of fused-ring (bicyclic) bond motifs is 6. The third kappa shape index (κ3) is 2.30. The largest absolute Gasteiger partial charge is 0.368 e. The molecular weight excluding hydrogens is 390 g/mol. The van der Waals surface area contributed by atoms with Crippen LogP contribution in [-0.2, 0) is 14.4 Å². The first kappa shape index (κ1) is 17.9. The highest BCUT2D eigenvalue weighted by Crippen LogP contribution is 2.53. The molecule has 6 nitrogen and oxygen atoms in total. The summed E-state index contributed by atoms with van der Waals surface area (Å²) >= 11 is 0.